The molecule has 112 valence electrons. The van der Waals surface area contributed by atoms with Crippen molar-refractivity contribution >= 4 is 0 Å². The number of hydrogen-bond acceptors (Lipinski definition) is 5. The lowest BCUT2D eigenvalue weighted by Crippen LogP contribution is -2.20. The quantitative estimate of drug-likeness (QED) is 0.897. The number of aliphatic hydroxyl groups is 1. The van der Waals surface area contributed by atoms with E-state index in [9.17, 15) is 5.11 Å². The number of benzene rings is 1. The average Bonchev–Trinajstić information content (AvgIpc) is 2.90. The Morgan fingerprint density at radius 2 is 1.85 bits per heavy atom. The fraction of sp³-hybridized carbons (Fsp3) is 0.600. The monoisotopic (exact) mass is 282 g/mol. The van der Waals surface area contributed by atoms with Crippen LogP contribution in [0.3, 0.4) is 0 Å². The fourth-order valence-electron chi connectivity index (χ4n) is 2.75. The Kier molecular flexibility index (Phi) is 4.73. The molecule has 5 heteroatoms. The van der Waals surface area contributed by atoms with E-state index in [1.807, 2.05) is 13.0 Å². The van der Waals surface area contributed by atoms with Gasteiger partial charge in [-0.15, -0.1) is 0 Å². The summed E-state index contributed by atoms with van der Waals surface area (Å²) in [6.45, 7) is 2.66. The molecular formula is C15H22O5. The summed E-state index contributed by atoms with van der Waals surface area (Å²) in [7, 11) is 4.68. The summed E-state index contributed by atoms with van der Waals surface area (Å²) in [4.78, 5) is 0. The van der Waals surface area contributed by atoms with Crippen LogP contribution in [0.1, 0.15) is 25.0 Å². The van der Waals surface area contributed by atoms with Crippen molar-refractivity contribution in [2.45, 2.75) is 25.6 Å². The van der Waals surface area contributed by atoms with Crippen LogP contribution >= 0.6 is 0 Å². The van der Waals surface area contributed by atoms with E-state index < -0.39 is 6.10 Å². The highest BCUT2D eigenvalue weighted by Crippen LogP contribution is 2.45. The summed E-state index contributed by atoms with van der Waals surface area (Å²) in [5.74, 6) is 1.65. The first kappa shape index (κ1) is 14.9. The summed E-state index contributed by atoms with van der Waals surface area (Å²) in [5, 5.41) is 10.6. The zero-order valence-corrected chi connectivity index (χ0v) is 12.4. The second-order valence-electron chi connectivity index (χ2n) is 4.90. The van der Waals surface area contributed by atoms with Crippen LogP contribution in [0.4, 0.5) is 0 Å². The molecule has 1 aliphatic rings. The Bertz CT molecular complexity index is 460. The highest BCUT2D eigenvalue weighted by Gasteiger charge is 2.34. The summed E-state index contributed by atoms with van der Waals surface area (Å²) in [6, 6.07) is 3.59. The van der Waals surface area contributed by atoms with Crippen LogP contribution in [0.2, 0.25) is 0 Å². The van der Waals surface area contributed by atoms with Crippen molar-refractivity contribution in [3.63, 3.8) is 0 Å². The zero-order chi connectivity index (χ0) is 14.7. The van der Waals surface area contributed by atoms with E-state index in [0.717, 1.165) is 6.42 Å². The second kappa shape index (κ2) is 6.33. The third kappa shape index (κ3) is 2.55. The molecule has 0 saturated carbocycles. The van der Waals surface area contributed by atoms with Gasteiger partial charge in [0.15, 0.2) is 11.5 Å². The molecule has 2 rings (SSSR count). The van der Waals surface area contributed by atoms with Crippen LogP contribution in [0.25, 0.3) is 0 Å². The molecule has 0 spiro atoms. The minimum Gasteiger partial charge on any atom is -0.493 e. The maximum atomic E-state index is 10.6. The van der Waals surface area contributed by atoms with E-state index in [4.69, 9.17) is 18.9 Å². The predicted molar refractivity (Wildman–Crippen MR) is 74.6 cm³/mol. The molecular weight excluding hydrogens is 260 g/mol. The maximum Gasteiger partial charge on any atom is 0.203 e. The predicted octanol–water partition coefficient (Wildman–Crippen LogP) is 2.17. The van der Waals surface area contributed by atoms with E-state index in [2.05, 4.69) is 0 Å². The highest BCUT2D eigenvalue weighted by atomic mass is 16.5. The Morgan fingerprint density at radius 3 is 2.35 bits per heavy atom. The largest absolute Gasteiger partial charge is 0.493 e. The SMILES string of the molecule is COc1ccc(C(O)C2CCOC2C)c(OC)c1OC. The zero-order valence-electron chi connectivity index (χ0n) is 12.4. The van der Waals surface area contributed by atoms with Crippen molar-refractivity contribution in [2.75, 3.05) is 27.9 Å². The first-order valence-corrected chi connectivity index (χ1v) is 6.72. The number of ether oxygens (including phenoxy) is 4. The van der Waals surface area contributed by atoms with Crippen molar-refractivity contribution in [1.82, 2.24) is 0 Å². The first-order valence-electron chi connectivity index (χ1n) is 6.72. The minimum atomic E-state index is -0.651. The molecule has 1 N–H and O–H groups in total. The van der Waals surface area contributed by atoms with Crippen LogP contribution in [-0.2, 0) is 4.74 Å². The summed E-state index contributed by atoms with van der Waals surface area (Å²) in [6.07, 6.45) is 0.213. The number of methoxy groups -OCH3 is 3. The van der Waals surface area contributed by atoms with Crippen LogP contribution in [0, 0.1) is 5.92 Å². The average molecular weight is 282 g/mol. The topological polar surface area (TPSA) is 57.2 Å². The molecule has 0 aromatic heterocycles. The number of aliphatic hydroxyl groups excluding tert-OH is 1. The molecule has 1 fully saturated rings. The van der Waals surface area contributed by atoms with Crippen LogP contribution in [0.15, 0.2) is 12.1 Å². The lowest BCUT2D eigenvalue weighted by molar-refractivity contribution is 0.0418. The number of rotatable bonds is 5. The van der Waals surface area contributed by atoms with Gasteiger partial charge in [0.25, 0.3) is 0 Å². The van der Waals surface area contributed by atoms with Gasteiger partial charge in [-0.05, 0) is 25.5 Å². The molecule has 1 heterocycles. The van der Waals surface area contributed by atoms with Crippen LogP contribution in [-0.4, -0.2) is 39.1 Å². The molecule has 0 radical (unpaired) electrons. The van der Waals surface area contributed by atoms with Gasteiger partial charge >= 0.3 is 0 Å². The van der Waals surface area contributed by atoms with Gasteiger partial charge in [0.05, 0.1) is 33.5 Å². The normalized spacial score (nSPS) is 23.4. The molecule has 0 bridgehead atoms. The molecule has 5 nitrogen and oxygen atoms in total. The second-order valence-corrected chi connectivity index (χ2v) is 4.90. The number of hydrogen-bond donors (Lipinski definition) is 1. The molecule has 1 aliphatic heterocycles. The Labute approximate surface area is 119 Å². The van der Waals surface area contributed by atoms with Crippen LogP contribution < -0.4 is 14.2 Å². The van der Waals surface area contributed by atoms with Gasteiger partial charge in [0, 0.05) is 18.1 Å². The minimum absolute atomic E-state index is 0.0304. The van der Waals surface area contributed by atoms with Gasteiger partial charge in [-0.2, -0.15) is 0 Å². The van der Waals surface area contributed by atoms with E-state index in [0.29, 0.717) is 29.4 Å². The maximum absolute atomic E-state index is 10.6. The summed E-state index contributed by atoms with van der Waals surface area (Å²) in [5.41, 5.74) is 0.701. The van der Waals surface area contributed by atoms with Crippen molar-refractivity contribution in [3.05, 3.63) is 17.7 Å². The smallest absolute Gasteiger partial charge is 0.203 e. The van der Waals surface area contributed by atoms with Gasteiger partial charge in [0.2, 0.25) is 5.75 Å². The van der Waals surface area contributed by atoms with E-state index in [-0.39, 0.29) is 12.0 Å². The fourth-order valence-corrected chi connectivity index (χ4v) is 2.75. The van der Waals surface area contributed by atoms with Gasteiger partial charge in [-0.25, -0.2) is 0 Å². The van der Waals surface area contributed by atoms with Gasteiger partial charge in [-0.1, -0.05) is 0 Å². The first-order chi connectivity index (χ1) is 9.63. The van der Waals surface area contributed by atoms with Crippen molar-refractivity contribution < 1.29 is 24.1 Å². The molecule has 0 amide bonds. The van der Waals surface area contributed by atoms with Crippen molar-refractivity contribution in [1.29, 1.82) is 0 Å². The highest BCUT2D eigenvalue weighted by molar-refractivity contribution is 5.56. The standard InChI is InChI=1S/C15H22O5/c1-9-10(7-8-20-9)13(16)11-5-6-12(17-2)15(19-4)14(11)18-3/h5-6,9-10,13,16H,7-8H2,1-4H3. The summed E-state index contributed by atoms with van der Waals surface area (Å²) >= 11 is 0. The van der Waals surface area contributed by atoms with Crippen LogP contribution in [0.5, 0.6) is 17.2 Å². The van der Waals surface area contributed by atoms with Gasteiger partial charge in [-0.3, -0.25) is 0 Å². The van der Waals surface area contributed by atoms with E-state index >= 15 is 0 Å². The Morgan fingerprint density at radius 1 is 1.15 bits per heavy atom. The lowest BCUT2D eigenvalue weighted by atomic mass is 9.90. The molecule has 1 aromatic rings. The molecule has 0 aliphatic carbocycles. The molecule has 3 unspecified atom stereocenters. The molecule has 1 aromatic carbocycles. The van der Waals surface area contributed by atoms with E-state index in [1.165, 1.54) is 0 Å². The molecule has 20 heavy (non-hydrogen) atoms. The van der Waals surface area contributed by atoms with Gasteiger partial charge < -0.3 is 24.1 Å². The third-order valence-corrected chi connectivity index (χ3v) is 3.89. The summed E-state index contributed by atoms with van der Waals surface area (Å²) < 4.78 is 21.5. The van der Waals surface area contributed by atoms with Crippen molar-refractivity contribution in [3.8, 4) is 17.2 Å². The Hall–Kier alpha value is -1.46. The molecule has 1 saturated heterocycles. The van der Waals surface area contributed by atoms with E-state index in [1.54, 1.807) is 27.4 Å². The molecule has 3 atom stereocenters. The van der Waals surface area contributed by atoms with Gasteiger partial charge in [0.1, 0.15) is 0 Å². The third-order valence-electron chi connectivity index (χ3n) is 3.89. The lowest BCUT2D eigenvalue weighted by Gasteiger charge is -2.24. The Balaban J connectivity index is 2.40. The van der Waals surface area contributed by atoms with Crippen molar-refractivity contribution in [2.24, 2.45) is 5.92 Å².